The zero-order valence-corrected chi connectivity index (χ0v) is 15.2. The minimum Gasteiger partial charge on any atom is -0.349 e. The van der Waals surface area contributed by atoms with Gasteiger partial charge in [0.15, 0.2) is 0 Å². The Bertz CT molecular complexity index is 458. The molecule has 0 aliphatic rings. The summed E-state index contributed by atoms with van der Waals surface area (Å²) in [5.41, 5.74) is -0.611. The first-order chi connectivity index (χ1) is 11.2. The van der Waals surface area contributed by atoms with E-state index in [0.29, 0.717) is 5.92 Å². The molecule has 2 nitrogen and oxygen atoms in total. The molecule has 138 valence electrons. The van der Waals surface area contributed by atoms with E-state index in [1.54, 1.807) is 0 Å². The number of rotatable bonds is 10. The van der Waals surface area contributed by atoms with Crippen molar-refractivity contribution in [2.24, 2.45) is 5.92 Å². The summed E-state index contributed by atoms with van der Waals surface area (Å²) < 4.78 is 37.6. The number of nitrogens with one attached hydrogen (secondary N) is 1. The van der Waals surface area contributed by atoms with Gasteiger partial charge < -0.3 is 5.32 Å². The van der Waals surface area contributed by atoms with Crippen LogP contribution in [0.5, 0.6) is 0 Å². The quantitative estimate of drug-likeness (QED) is 0.398. The van der Waals surface area contributed by atoms with Crippen molar-refractivity contribution in [2.75, 3.05) is 0 Å². The second-order valence-electron chi connectivity index (χ2n) is 6.00. The highest BCUT2D eigenvalue weighted by molar-refractivity contribution is 5.96. The van der Waals surface area contributed by atoms with Crippen LogP contribution in [0, 0.1) is 5.92 Å². The minimum atomic E-state index is -4.39. The van der Waals surface area contributed by atoms with Crippen molar-refractivity contribution in [2.45, 2.75) is 72.0 Å². The molecule has 0 saturated heterocycles. The molecule has 0 aromatic rings. The predicted octanol–water partition coefficient (Wildman–Crippen LogP) is 5.72. The summed E-state index contributed by atoms with van der Waals surface area (Å²) in [6.45, 7) is 10.7. The standard InChI is InChI=1S/C19H30F3NO/c1-6-10-16(11-7-2)17(9-4)23-18(24)15(8-3)13-12-14(5)19(20,21)22/h8,12-13,16-17H,3,6-7,9-11H2,1-2,4-5H3,(H,23,24). The zero-order chi connectivity index (χ0) is 18.8. The fourth-order valence-corrected chi connectivity index (χ4v) is 2.64. The maximum atomic E-state index is 12.5. The van der Waals surface area contributed by atoms with E-state index >= 15 is 0 Å². The number of carbonyl (C=O) groups is 1. The Balaban J connectivity index is 5.16. The third kappa shape index (κ3) is 7.84. The van der Waals surface area contributed by atoms with Crippen molar-refractivity contribution >= 4 is 5.91 Å². The molecule has 24 heavy (non-hydrogen) atoms. The number of carbonyl (C=O) groups excluding carboxylic acids is 1. The van der Waals surface area contributed by atoms with Crippen LogP contribution >= 0.6 is 0 Å². The van der Waals surface area contributed by atoms with Crippen LogP contribution in [0.1, 0.15) is 59.8 Å². The van der Waals surface area contributed by atoms with Crippen molar-refractivity contribution in [3.8, 4) is 0 Å². The Labute approximate surface area is 143 Å². The van der Waals surface area contributed by atoms with Gasteiger partial charge in [0.1, 0.15) is 0 Å². The Hall–Kier alpha value is -1.52. The van der Waals surface area contributed by atoms with Crippen molar-refractivity contribution in [1.29, 1.82) is 0 Å². The summed E-state index contributed by atoms with van der Waals surface area (Å²) >= 11 is 0. The second-order valence-corrected chi connectivity index (χ2v) is 6.00. The van der Waals surface area contributed by atoms with Gasteiger partial charge >= 0.3 is 6.18 Å². The van der Waals surface area contributed by atoms with E-state index < -0.39 is 11.7 Å². The molecular weight excluding hydrogens is 315 g/mol. The highest BCUT2D eigenvalue weighted by atomic mass is 19.4. The molecule has 0 fully saturated rings. The lowest BCUT2D eigenvalue weighted by Gasteiger charge is -2.27. The van der Waals surface area contributed by atoms with Crippen molar-refractivity contribution in [3.05, 3.63) is 36.0 Å². The van der Waals surface area contributed by atoms with E-state index in [4.69, 9.17) is 0 Å². The summed E-state index contributed by atoms with van der Waals surface area (Å²) in [6, 6.07) is 0.0217. The fraction of sp³-hybridized carbons (Fsp3) is 0.632. The van der Waals surface area contributed by atoms with Crippen molar-refractivity contribution < 1.29 is 18.0 Å². The van der Waals surface area contributed by atoms with Gasteiger partial charge in [0.25, 0.3) is 5.91 Å². The molecule has 0 heterocycles. The number of hydrogen-bond acceptors (Lipinski definition) is 1. The van der Waals surface area contributed by atoms with E-state index in [-0.39, 0.29) is 17.5 Å². The summed E-state index contributed by atoms with van der Waals surface area (Å²) in [5.74, 6) is 0.00718. The minimum absolute atomic E-state index is 0.0217. The van der Waals surface area contributed by atoms with E-state index in [1.807, 2.05) is 6.92 Å². The smallest absolute Gasteiger partial charge is 0.349 e. The van der Waals surface area contributed by atoms with Crippen LogP contribution in [-0.4, -0.2) is 18.1 Å². The number of allylic oxidation sites excluding steroid dienone is 3. The third-order valence-corrected chi connectivity index (χ3v) is 4.09. The van der Waals surface area contributed by atoms with Gasteiger partial charge in [0.2, 0.25) is 0 Å². The molecule has 1 amide bonds. The Morgan fingerprint density at radius 2 is 1.67 bits per heavy atom. The molecule has 0 spiro atoms. The summed E-state index contributed by atoms with van der Waals surface area (Å²) in [6.07, 6.45) is 3.89. The molecule has 0 saturated carbocycles. The maximum Gasteiger partial charge on any atom is 0.412 e. The average molecular weight is 345 g/mol. The van der Waals surface area contributed by atoms with Gasteiger partial charge in [-0.1, -0.05) is 52.3 Å². The molecule has 1 atom stereocenters. The first-order valence-electron chi connectivity index (χ1n) is 8.60. The van der Waals surface area contributed by atoms with Gasteiger partial charge in [0.05, 0.1) is 0 Å². The number of hydrogen-bond donors (Lipinski definition) is 1. The Kier molecular flexibility index (Phi) is 10.4. The molecule has 0 aromatic heterocycles. The van der Waals surface area contributed by atoms with Crippen LogP contribution in [0.15, 0.2) is 36.0 Å². The lowest BCUT2D eigenvalue weighted by atomic mass is 9.88. The molecule has 0 rings (SSSR count). The van der Waals surface area contributed by atoms with Crippen LogP contribution in [0.3, 0.4) is 0 Å². The third-order valence-electron chi connectivity index (χ3n) is 4.09. The maximum absolute atomic E-state index is 12.5. The monoisotopic (exact) mass is 345 g/mol. The van der Waals surface area contributed by atoms with Gasteiger partial charge in [-0.05, 0) is 38.2 Å². The Morgan fingerprint density at radius 1 is 1.12 bits per heavy atom. The first kappa shape index (κ1) is 22.5. The van der Waals surface area contributed by atoms with Crippen molar-refractivity contribution in [3.63, 3.8) is 0 Å². The molecule has 0 radical (unpaired) electrons. The molecular formula is C19H30F3NO. The molecule has 0 aliphatic heterocycles. The summed E-state index contributed by atoms with van der Waals surface area (Å²) in [5, 5.41) is 2.96. The molecule has 1 N–H and O–H groups in total. The zero-order valence-electron chi connectivity index (χ0n) is 15.2. The van der Waals surface area contributed by atoms with Crippen molar-refractivity contribution in [1.82, 2.24) is 5.32 Å². The topological polar surface area (TPSA) is 29.1 Å². The number of halogens is 3. The lowest BCUT2D eigenvalue weighted by Crippen LogP contribution is -2.40. The molecule has 0 aromatic carbocycles. The fourth-order valence-electron chi connectivity index (χ4n) is 2.64. The van der Waals surface area contributed by atoms with Crippen LogP contribution in [-0.2, 0) is 4.79 Å². The van der Waals surface area contributed by atoms with Gasteiger partial charge in [-0.3, -0.25) is 4.79 Å². The van der Waals surface area contributed by atoms with E-state index in [9.17, 15) is 18.0 Å². The largest absolute Gasteiger partial charge is 0.412 e. The Morgan fingerprint density at radius 3 is 2.04 bits per heavy atom. The second kappa shape index (κ2) is 11.1. The molecule has 0 bridgehead atoms. The lowest BCUT2D eigenvalue weighted by molar-refractivity contribution is -0.118. The van der Waals surface area contributed by atoms with Crippen LogP contribution in [0.4, 0.5) is 13.2 Å². The van der Waals surface area contributed by atoms with Gasteiger partial charge in [-0.25, -0.2) is 0 Å². The van der Waals surface area contributed by atoms with Gasteiger partial charge in [0, 0.05) is 17.2 Å². The highest BCUT2D eigenvalue weighted by Crippen LogP contribution is 2.25. The number of alkyl halides is 3. The van der Waals surface area contributed by atoms with Gasteiger partial charge in [-0.15, -0.1) is 0 Å². The SMILES string of the molecule is C=CC(=CC=C(C)C(F)(F)F)C(=O)NC(CC)C(CCC)CCC. The summed E-state index contributed by atoms with van der Waals surface area (Å²) in [7, 11) is 0. The highest BCUT2D eigenvalue weighted by Gasteiger charge is 2.29. The molecule has 5 heteroatoms. The molecule has 1 unspecified atom stereocenters. The first-order valence-corrected chi connectivity index (χ1v) is 8.60. The van der Waals surface area contributed by atoms with Gasteiger partial charge in [-0.2, -0.15) is 13.2 Å². The van der Waals surface area contributed by atoms with Crippen LogP contribution in [0.2, 0.25) is 0 Å². The predicted molar refractivity (Wildman–Crippen MR) is 93.6 cm³/mol. The van der Waals surface area contributed by atoms with Crippen LogP contribution in [0.25, 0.3) is 0 Å². The average Bonchev–Trinajstić information content (AvgIpc) is 2.51. The summed E-state index contributed by atoms with van der Waals surface area (Å²) in [4.78, 5) is 12.4. The normalized spacial score (nSPS) is 14.7. The van der Waals surface area contributed by atoms with E-state index in [0.717, 1.165) is 45.1 Å². The van der Waals surface area contributed by atoms with E-state index in [1.165, 1.54) is 12.2 Å². The van der Waals surface area contributed by atoms with Crippen LogP contribution < -0.4 is 5.32 Å². The molecule has 0 aliphatic carbocycles. The van der Waals surface area contributed by atoms with E-state index in [2.05, 4.69) is 25.7 Å². The number of amides is 1.